The van der Waals surface area contributed by atoms with Crippen molar-refractivity contribution in [3.05, 3.63) is 54.6 Å². The van der Waals surface area contributed by atoms with Gasteiger partial charge in [0.1, 0.15) is 0 Å². The third-order valence-electron chi connectivity index (χ3n) is 5.94. The van der Waals surface area contributed by atoms with E-state index >= 15 is 0 Å². The summed E-state index contributed by atoms with van der Waals surface area (Å²) in [6.45, 7) is 0.953. The maximum Gasteiger partial charge on any atom is 0.246 e. The van der Waals surface area contributed by atoms with Gasteiger partial charge in [-0.3, -0.25) is 9.59 Å². The second kappa shape index (κ2) is 9.12. The fourth-order valence-corrected chi connectivity index (χ4v) is 4.50. The first-order chi connectivity index (χ1) is 14.2. The van der Waals surface area contributed by atoms with Crippen molar-refractivity contribution in [1.29, 1.82) is 0 Å². The van der Waals surface area contributed by atoms with Crippen LogP contribution in [0.1, 0.15) is 44.9 Å². The second-order valence-corrected chi connectivity index (χ2v) is 7.91. The van der Waals surface area contributed by atoms with Gasteiger partial charge < -0.3 is 15.1 Å². The Hall–Kier alpha value is -2.82. The molecule has 0 unspecified atom stereocenters. The second-order valence-electron chi connectivity index (χ2n) is 7.91. The average Bonchev–Trinajstić information content (AvgIpc) is 3.20. The number of amides is 2. The number of nitrogens with one attached hydrogen (secondary N) is 1. The first-order valence-electron chi connectivity index (χ1n) is 10.7. The van der Waals surface area contributed by atoms with Crippen LogP contribution in [-0.4, -0.2) is 30.9 Å². The van der Waals surface area contributed by atoms with Gasteiger partial charge in [0.05, 0.1) is 17.9 Å². The Balaban J connectivity index is 1.51. The number of hydrogen-bond donors (Lipinski definition) is 1. The minimum atomic E-state index is 0.0747. The Morgan fingerprint density at radius 1 is 0.966 bits per heavy atom. The van der Waals surface area contributed by atoms with E-state index in [1.807, 2.05) is 64.4 Å². The Bertz CT molecular complexity index is 846. The summed E-state index contributed by atoms with van der Waals surface area (Å²) in [4.78, 5) is 29.3. The summed E-state index contributed by atoms with van der Waals surface area (Å²) in [7, 11) is 0. The lowest BCUT2D eigenvalue weighted by atomic mass is 9.93. The lowest BCUT2D eigenvalue weighted by Gasteiger charge is -2.34. The van der Waals surface area contributed by atoms with Crippen molar-refractivity contribution in [2.75, 3.05) is 28.2 Å². The first-order valence-corrected chi connectivity index (χ1v) is 10.7. The van der Waals surface area contributed by atoms with Crippen LogP contribution < -0.4 is 15.1 Å². The molecule has 1 heterocycles. The third kappa shape index (κ3) is 4.44. The molecule has 2 aromatic rings. The van der Waals surface area contributed by atoms with Crippen LogP contribution in [0, 0.1) is 0 Å². The van der Waals surface area contributed by atoms with E-state index in [4.69, 9.17) is 0 Å². The molecule has 2 fully saturated rings. The van der Waals surface area contributed by atoms with E-state index in [1.54, 1.807) is 0 Å². The predicted molar refractivity (Wildman–Crippen MR) is 117 cm³/mol. The van der Waals surface area contributed by atoms with Crippen molar-refractivity contribution < 1.29 is 9.59 Å². The molecule has 5 nitrogen and oxygen atoms in total. The Labute approximate surface area is 172 Å². The molecule has 1 aliphatic carbocycles. The standard InChI is InChI=1S/C24H29N3O2/c28-23-16-9-17-26(23)22-15-8-7-14-21(22)25-18-24(29)27(19-10-3-1-4-11-19)20-12-5-2-6-13-20/h1,3-4,7-8,10-11,14-15,20,25H,2,5-6,9,12-13,16-18H2. The highest BCUT2D eigenvalue weighted by Gasteiger charge is 2.27. The van der Waals surface area contributed by atoms with Crippen LogP contribution in [0.2, 0.25) is 0 Å². The summed E-state index contributed by atoms with van der Waals surface area (Å²) < 4.78 is 0. The molecule has 2 amide bonds. The van der Waals surface area contributed by atoms with Gasteiger partial charge in [-0.2, -0.15) is 0 Å². The van der Waals surface area contributed by atoms with Crippen molar-refractivity contribution >= 4 is 28.9 Å². The number of hydrogen-bond acceptors (Lipinski definition) is 3. The number of anilines is 3. The van der Waals surface area contributed by atoms with Gasteiger partial charge in [-0.25, -0.2) is 0 Å². The number of benzene rings is 2. The predicted octanol–water partition coefficient (Wildman–Crippen LogP) is 4.59. The van der Waals surface area contributed by atoms with E-state index in [1.165, 1.54) is 19.3 Å². The molecule has 1 saturated heterocycles. The molecule has 29 heavy (non-hydrogen) atoms. The maximum atomic E-state index is 13.3. The Morgan fingerprint density at radius 2 is 1.69 bits per heavy atom. The molecular formula is C24H29N3O2. The molecule has 1 saturated carbocycles. The van der Waals surface area contributed by atoms with E-state index in [9.17, 15) is 9.59 Å². The highest BCUT2D eigenvalue weighted by atomic mass is 16.2. The van der Waals surface area contributed by atoms with Crippen molar-refractivity contribution in [1.82, 2.24) is 0 Å². The summed E-state index contributed by atoms with van der Waals surface area (Å²) in [5.74, 6) is 0.226. The molecule has 0 atom stereocenters. The molecular weight excluding hydrogens is 362 g/mol. The summed E-state index contributed by atoms with van der Waals surface area (Å²) in [5.41, 5.74) is 2.67. The van der Waals surface area contributed by atoms with Gasteiger partial charge in [-0.05, 0) is 43.5 Å². The molecule has 0 aromatic heterocycles. The molecule has 2 aromatic carbocycles. The van der Waals surface area contributed by atoms with Crippen LogP contribution in [0.4, 0.5) is 17.1 Å². The van der Waals surface area contributed by atoms with Gasteiger partial charge >= 0.3 is 0 Å². The lowest BCUT2D eigenvalue weighted by Crippen LogP contribution is -2.44. The van der Waals surface area contributed by atoms with Crippen molar-refractivity contribution in [3.63, 3.8) is 0 Å². The topological polar surface area (TPSA) is 52.7 Å². The smallest absolute Gasteiger partial charge is 0.246 e. The van der Waals surface area contributed by atoms with E-state index in [0.717, 1.165) is 42.9 Å². The Morgan fingerprint density at radius 3 is 2.41 bits per heavy atom. The summed E-state index contributed by atoms with van der Waals surface area (Å²) in [6, 6.07) is 18.0. The fourth-order valence-electron chi connectivity index (χ4n) is 4.50. The van der Waals surface area contributed by atoms with E-state index in [-0.39, 0.29) is 24.4 Å². The highest BCUT2D eigenvalue weighted by Crippen LogP contribution is 2.30. The molecule has 0 bridgehead atoms. The minimum absolute atomic E-state index is 0.0747. The number of carbonyl (C=O) groups is 2. The molecule has 0 radical (unpaired) electrons. The SMILES string of the molecule is O=C1CCCN1c1ccccc1NCC(=O)N(c1ccccc1)C1CCCCC1. The van der Waals surface area contributed by atoms with E-state index in [0.29, 0.717) is 6.42 Å². The first kappa shape index (κ1) is 19.5. The molecule has 0 spiro atoms. The molecule has 5 heteroatoms. The van der Waals surface area contributed by atoms with Crippen LogP contribution in [-0.2, 0) is 9.59 Å². The number of rotatable bonds is 6. The third-order valence-corrected chi connectivity index (χ3v) is 5.94. The van der Waals surface area contributed by atoms with Gasteiger partial charge in [0.15, 0.2) is 0 Å². The quantitative estimate of drug-likeness (QED) is 0.783. The van der Waals surface area contributed by atoms with Gasteiger partial charge in [0.2, 0.25) is 11.8 Å². The van der Waals surface area contributed by atoms with E-state index < -0.39 is 0 Å². The van der Waals surface area contributed by atoms with Gasteiger partial charge in [0, 0.05) is 24.7 Å². The molecule has 1 aliphatic heterocycles. The van der Waals surface area contributed by atoms with Gasteiger partial charge in [-0.1, -0.05) is 49.6 Å². The van der Waals surface area contributed by atoms with Crippen LogP contribution in [0.25, 0.3) is 0 Å². The van der Waals surface area contributed by atoms with Crippen LogP contribution >= 0.6 is 0 Å². The summed E-state index contributed by atoms with van der Waals surface area (Å²) >= 11 is 0. The van der Waals surface area contributed by atoms with Crippen LogP contribution in [0.3, 0.4) is 0 Å². The number of para-hydroxylation sites is 3. The molecule has 4 rings (SSSR count). The number of carbonyl (C=O) groups excluding carboxylic acids is 2. The van der Waals surface area contributed by atoms with Crippen LogP contribution in [0.15, 0.2) is 54.6 Å². The maximum absolute atomic E-state index is 13.3. The highest BCUT2D eigenvalue weighted by molar-refractivity contribution is 6.00. The van der Waals surface area contributed by atoms with Crippen molar-refractivity contribution in [2.45, 2.75) is 51.0 Å². The molecule has 2 aliphatic rings. The molecule has 1 N–H and O–H groups in total. The molecule has 152 valence electrons. The zero-order chi connectivity index (χ0) is 20.1. The monoisotopic (exact) mass is 391 g/mol. The van der Waals surface area contributed by atoms with Crippen molar-refractivity contribution in [3.8, 4) is 0 Å². The fraction of sp³-hybridized carbons (Fsp3) is 0.417. The normalized spacial score (nSPS) is 17.4. The van der Waals surface area contributed by atoms with Gasteiger partial charge in [-0.15, -0.1) is 0 Å². The summed E-state index contributed by atoms with van der Waals surface area (Å²) in [5, 5.41) is 3.31. The average molecular weight is 392 g/mol. The van der Waals surface area contributed by atoms with Crippen molar-refractivity contribution in [2.24, 2.45) is 0 Å². The van der Waals surface area contributed by atoms with E-state index in [2.05, 4.69) is 5.32 Å². The Kier molecular flexibility index (Phi) is 6.13. The number of nitrogens with zero attached hydrogens (tertiary/aromatic N) is 2. The summed E-state index contributed by atoms with van der Waals surface area (Å²) in [6.07, 6.45) is 7.19. The van der Waals surface area contributed by atoms with Crippen LogP contribution in [0.5, 0.6) is 0 Å². The van der Waals surface area contributed by atoms with Gasteiger partial charge in [0.25, 0.3) is 0 Å². The zero-order valence-electron chi connectivity index (χ0n) is 16.8. The largest absolute Gasteiger partial charge is 0.374 e. The lowest BCUT2D eigenvalue weighted by molar-refractivity contribution is -0.118. The zero-order valence-corrected chi connectivity index (χ0v) is 16.8. The minimum Gasteiger partial charge on any atom is -0.374 e.